The van der Waals surface area contributed by atoms with Gasteiger partial charge >= 0.3 is 5.69 Å². The molecule has 0 atom stereocenters. The second-order valence-electron chi connectivity index (χ2n) is 9.57. The van der Waals surface area contributed by atoms with E-state index in [0.29, 0.717) is 74.7 Å². The van der Waals surface area contributed by atoms with E-state index in [0.717, 1.165) is 17.5 Å². The zero-order valence-corrected chi connectivity index (χ0v) is 23.1. The van der Waals surface area contributed by atoms with Crippen LogP contribution in [-0.2, 0) is 23.6 Å². The van der Waals surface area contributed by atoms with Gasteiger partial charge in [-0.15, -0.1) is 0 Å². The Morgan fingerprint density at radius 2 is 1.76 bits per heavy atom. The number of sulfonamides is 1. The van der Waals surface area contributed by atoms with Gasteiger partial charge in [-0.05, 0) is 43.5 Å². The summed E-state index contributed by atoms with van der Waals surface area (Å²) in [6.07, 6.45) is 2.14. The topological polar surface area (TPSA) is 130 Å². The zero-order valence-electron chi connectivity index (χ0n) is 22.3. The molecule has 0 unspecified atom stereocenters. The molecule has 0 radical (unpaired) electrons. The fourth-order valence-corrected chi connectivity index (χ4v) is 6.25. The lowest BCUT2D eigenvalue weighted by molar-refractivity contribution is 0.171. The summed E-state index contributed by atoms with van der Waals surface area (Å²) in [5, 5.41) is 9.07. The molecule has 1 saturated heterocycles. The molecule has 4 rings (SSSR count). The van der Waals surface area contributed by atoms with E-state index in [9.17, 15) is 18.0 Å². The van der Waals surface area contributed by atoms with Gasteiger partial charge in [0.05, 0.1) is 22.7 Å². The molecule has 11 nitrogen and oxygen atoms in total. The van der Waals surface area contributed by atoms with E-state index < -0.39 is 21.3 Å². The minimum absolute atomic E-state index is 0.113. The SMILES string of the molecule is CCCOc1ccc(S(=O)(=O)N2CCN(CCCO)CC2)cc1-c1cc2c([nH]1)c(=O)n(C)c(=O)n2CCC. The number of aromatic amines is 1. The van der Waals surface area contributed by atoms with Crippen molar-refractivity contribution >= 4 is 21.1 Å². The van der Waals surface area contributed by atoms with Gasteiger partial charge in [-0.3, -0.25) is 13.9 Å². The number of rotatable bonds is 11. The van der Waals surface area contributed by atoms with Crippen molar-refractivity contribution in [2.45, 2.75) is 44.6 Å². The van der Waals surface area contributed by atoms with Crippen LogP contribution in [0.25, 0.3) is 22.3 Å². The summed E-state index contributed by atoms with van der Waals surface area (Å²) in [5.74, 6) is 0.493. The fraction of sp³-hybridized carbons (Fsp3) is 0.538. The Labute approximate surface area is 222 Å². The van der Waals surface area contributed by atoms with Crippen molar-refractivity contribution in [1.29, 1.82) is 0 Å². The standard InChI is InChI=1S/C26H37N5O6S/c1-4-9-31-22-18-21(27-24(22)25(33)28(3)26(31)34)20-17-19(7-8-23(20)37-16-5-2)38(35,36)30-13-11-29(12-14-30)10-6-15-32/h7-8,17-18,27,32H,4-6,9-16H2,1-3H3. The molecule has 1 aliphatic rings. The van der Waals surface area contributed by atoms with E-state index >= 15 is 0 Å². The Bertz CT molecular complexity index is 1500. The minimum atomic E-state index is -3.78. The van der Waals surface area contributed by atoms with Crippen LogP contribution in [-0.4, -0.2) is 82.8 Å². The third kappa shape index (κ3) is 5.44. The number of hydrogen-bond acceptors (Lipinski definition) is 7. The molecule has 38 heavy (non-hydrogen) atoms. The van der Waals surface area contributed by atoms with Crippen LogP contribution < -0.4 is 16.0 Å². The number of ether oxygens (including phenoxy) is 1. The van der Waals surface area contributed by atoms with Crippen molar-refractivity contribution in [2.24, 2.45) is 7.05 Å². The van der Waals surface area contributed by atoms with Gasteiger partial charge in [0.2, 0.25) is 10.0 Å². The van der Waals surface area contributed by atoms with E-state index in [2.05, 4.69) is 9.88 Å². The second kappa shape index (κ2) is 11.9. The number of H-pyrrole nitrogens is 1. The largest absolute Gasteiger partial charge is 0.493 e. The molecule has 208 valence electrons. The Morgan fingerprint density at radius 1 is 1.03 bits per heavy atom. The summed E-state index contributed by atoms with van der Waals surface area (Å²) >= 11 is 0. The van der Waals surface area contributed by atoms with Gasteiger partial charge in [-0.25, -0.2) is 13.2 Å². The third-order valence-corrected chi connectivity index (χ3v) is 8.77. The number of piperazine rings is 1. The molecule has 0 bridgehead atoms. The normalized spacial score (nSPS) is 15.4. The van der Waals surface area contributed by atoms with Crippen LogP contribution in [0.4, 0.5) is 0 Å². The Morgan fingerprint density at radius 3 is 2.42 bits per heavy atom. The van der Waals surface area contributed by atoms with Crippen LogP contribution in [0.15, 0.2) is 38.8 Å². The van der Waals surface area contributed by atoms with Crippen LogP contribution >= 0.6 is 0 Å². The summed E-state index contributed by atoms with van der Waals surface area (Å²) in [6, 6.07) is 6.50. The highest BCUT2D eigenvalue weighted by atomic mass is 32.2. The molecule has 3 heterocycles. The highest BCUT2D eigenvalue weighted by Gasteiger charge is 2.29. The Balaban J connectivity index is 1.77. The van der Waals surface area contributed by atoms with Gasteiger partial charge in [-0.2, -0.15) is 4.31 Å². The van der Waals surface area contributed by atoms with E-state index in [1.54, 1.807) is 28.8 Å². The average Bonchev–Trinajstić information content (AvgIpc) is 3.37. The first-order valence-electron chi connectivity index (χ1n) is 13.2. The highest BCUT2D eigenvalue weighted by molar-refractivity contribution is 7.89. The molecule has 0 spiro atoms. The van der Waals surface area contributed by atoms with Crippen LogP contribution in [0.1, 0.15) is 33.1 Å². The van der Waals surface area contributed by atoms with E-state index in [-0.39, 0.29) is 17.0 Å². The molecule has 0 saturated carbocycles. The predicted octanol–water partition coefficient (Wildman–Crippen LogP) is 1.58. The maximum atomic E-state index is 13.6. The van der Waals surface area contributed by atoms with Crippen LogP contribution in [0.3, 0.4) is 0 Å². The van der Waals surface area contributed by atoms with Crippen LogP contribution in [0.5, 0.6) is 5.75 Å². The molecule has 3 aromatic rings. The molecule has 2 aromatic heterocycles. The van der Waals surface area contributed by atoms with E-state index in [1.165, 1.54) is 11.4 Å². The lowest BCUT2D eigenvalue weighted by atomic mass is 10.1. The van der Waals surface area contributed by atoms with Gasteiger partial charge in [0.1, 0.15) is 11.3 Å². The zero-order chi connectivity index (χ0) is 27.4. The third-order valence-electron chi connectivity index (χ3n) is 6.88. The summed E-state index contributed by atoms with van der Waals surface area (Å²) in [5.41, 5.74) is 0.932. The van der Waals surface area contributed by atoms with Crippen molar-refractivity contribution in [3.63, 3.8) is 0 Å². The molecular weight excluding hydrogens is 510 g/mol. The minimum Gasteiger partial charge on any atom is -0.493 e. The van der Waals surface area contributed by atoms with Crippen molar-refractivity contribution in [3.05, 3.63) is 45.1 Å². The monoisotopic (exact) mass is 547 g/mol. The number of nitrogens with zero attached hydrogens (tertiary/aromatic N) is 4. The molecule has 0 amide bonds. The maximum absolute atomic E-state index is 13.6. The van der Waals surface area contributed by atoms with Gasteiger partial charge in [0, 0.05) is 58.5 Å². The number of nitrogens with one attached hydrogen (secondary N) is 1. The Kier molecular flexibility index (Phi) is 8.76. The van der Waals surface area contributed by atoms with Crippen molar-refractivity contribution < 1.29 is 18.3 Å². The number of fused-ring (bicyclic) bond motifs is 1. The molecule has 0 aliphatic carbocycles. The average molecular weight is 548 g/mol. The number of aliphatic hydroxyl groups is 1. The first kappa shape index (κ1) is 28.1. The molecule has 2 N–H and O–H groups in total. The smallest absolute Gasteiger partial charge is 0.331 e. The number of aliphatic hydroxyl groups excluding tert-OH is 1. The van der Waals surface area contributed by atoms with Crippen molar-refractivity contribution in [1.82, 2.24) is 23.3 Å². The first-order chi connectivity index (χ1) is 18.2. The fourth-order valence-electron chi connectivity index (χ4n) is 4.80. The summed E-state index contributed by atoms with van der Waals surface area (Å²) in [7, 11) is -2.33. The Hall–Kier alpha value is -2.93. The summed E-state index contributed by atoms with van der Waals surface area (Å²) in [4.78, 5) is 31.1. The first-order valence-corrected chi connectivity index (χ1v) is 14.6. The number of hydrogen-bond donors (Lipinski definition) is 2. The van der Waals surface area contributed by atoms with E-state index in [4.69, 9.17) is 9.84 Å². The van der Waals surface area contributed by atoms with E-state index in [1.807, 2.05) is 13.8 Å². The van der Waals surface area contributed by atoms with Crippen LogP contribution in [0.2, 0.25) is 0 Å². The number of aromatic nitrogens is 3. The number of aryl methyl sites for hydroxylation is 1. The van der Waals surface area contributed by atoms with Gasteiger partial charge in [0.25, 0.3) is 5.56 Å². The highest BCUT2D eigenvalue weighted by Crippen LogP contribution is 2.34. The van der Waals surface area contributed by atoms with Gasteiger partial charge in [-0.1, -0.05) is 13.8 Å². The van der Waals surface area contributed by atoms with Crippen LogP contribution in [0, 0.1) is 0 Å². The lowest BCUT2D eigenvalue weighted by Crippen LogP contribution is -2.48. The summed E-state index contributed by atoms with van der Waals surface area (Å²) < 4.78 is 37.2. The molecule has 1 aliphatic heterocycles. The van der Waals surface area contributed by atoms with Gasteiger partial charge in [0.15, 0.2) is 0 Å². The van der Waals surface area contributed by atoms with Crippen molar-refractivity contribution in [2.75, 3.05) is 45.9 Å². The quantitative estimate of drug-likeness (QED) is 0.373. The summed E-state index contributed by atoms with van der Waals surface area (Å²) in [6.45, 7) is 7.60. The lowest BCUT2D eigenvalue weighted by Gasteiger charge is -2.34. The molecule has 12 heteroatoms. The van der Waals surface area contributed by atoms with Gasteiger partial charge < -0.3 is 19.7 Å². The molecule has 1 fully saturated rings. The second-order valence-corrected chi connectivity index (χ2v) is 11.5. The molecular formula is C26H37N5O6S. The molecule has 1 aromatic carbocycles. The maximum Gasteiger partial charge on any atom is 0.331 e. The van der Waals surface area contributed by atoms with Crippen molar-refractivity contribution in [3.8, 4) is 17.0 Å². The number of benzene rings is 1. The predicted molar refractivity (Wildman–Crippen MR) is 146 cm³/mol.